The van der Waals surface area contributed by atoms with E-state index in [2.05, 4.69) is 10.1 Å². The number of aryl methyl sites for hydroxylation is 1. The number of hydrogen-bond acceptors (Lipinski definition) is 7. The lowest BCUT2D eigenvalue weighted by Crippen LogP contribution is -2.42. The van der Waals surface area contributed by atoms with Crippen LogP contribution < -0.4 is 10.3 Å². The molecule has 170 valence electrons. The molecule has 0 bridgehead atoms. The zero-order valence-corrected chi connectivity index (χ0v) is 19.6. The van der Waals surface area contributed by atoms with E-state index in [9.17, 15) is 9.59 Å². The van der Waals surface area contributed by atoms with Crippen molar-refractivity contribution in [3.63, 3.8) is 0 Å². The highest BCUT2D eigenvalue weighted by Crippen LogP contribution is 2.36. The smallest absolute Gasteiger partial charge is 0.410 e. The fraction of sp³-hybridized carbons (Fsp3) is 0.478. The number of ether oxygens (including phenoxy) is 2. The highest BCUT2D eigenvalue weighted by molar-refractivity contribution is 7.18. The van der Waals surface area contributed by atoms with Crippen LogP contribution in [-0.2, 0) is 11.8 Å². The predicted octanol–water partition coefficient (Wildman–Crippen LogP) is 4.08. The second kappa shape index (κ2) is 8.90. The Balaban J connectivity index is 1.46. The van der Waals surface area contributed by atoms with Gasteiger partial charge in [-0.05, 0) is 57.2 Å². The number of thiophene rings is 1. The first kappa shape index (κ1) is 22.3. The van der Waals surface area contributed by atoms with Crippen molar-refractivity contribution in [2.24, 2.45) is 13.0 Å². The number of rotatable bonds is 4. The molecule has 0 N–H and O–H groups in total. The Labute approximate surface area is 190 Å². The van der Waals surface area contributed by atoms with Crippen molar-refractivity contribution in [3.05, 3.63) is 40.3 Å². The van der Waals surface area contributed by atoms with Crippen LogP contribution in [0, 0.1) is 5.92 Å². The maximum absolute atomic E-state index is 12.8. The first-order chi connectivity index (χ1) is 15.2. The van der Waals surface area contributed by atoms with Gasteiger partial charge in [0.15, 0.2) is 0 Å². The summed E-state index contributed by atoms with van der Waals surface area (Å²) in [6, 6.07) is 3.78. The molecule has 0 aliphatic carbocycles. The van der Waals surface area contributed by atoms with E-state index in [4.69, 9.17) is 9.47 Å². The minimum atomic E-state index is -0.493. The summed E-state index contributed by atoms with van der Waals surface area (Å²) in [4.78, 5) is 30.9. The molecule has 3 aromatic rings. The minimum absolute atomic E-state index is 0.147. The van der Waals surface area contributed by atoms with Crippen LogP contribution in [0.15, 0.2) is 34.7 Å². The average Bonchev–Trinajstić information content (AvgIpc) is 3.21. The Kier molecular flexibility index (Phi) is 6.19. The van der Waals surface area contributed by atoms with Gasteiger partial charge in [0.2, 0.25) is 5.88 Å². The van der Waals surface area contributed by atoms with E-state index in [1.54, 1.807) is 24.3 Å². The molecular weight excluding hydrogens is 428 g/mol. The molecule has 0 spiro atoms. The number of likely N-dealkylation sites (tertiary alicyclic amines) is 1. The maximum atomic E-state index is 12.8. The Hall–Kier alpha value is -2.94. The second-order valence-corrected chi connectivity index (χ2v) is 9.92. The Morgan fingerprint density at radius 2 is 1.91 bits per heavy atom. The number of piperidine rings is 1. The van der Waals surface area contributed by atoms with Crippen LogP contribution >= 0.6 is 11.3 Å². The van der Waals surface area contributed by atoms with Crippen molar-refractivity contribution in [1.29, 1.82) is 0 Å². The van der Waals surface area contributed by atoms with Gasteiger partial charge in [0, 0.05) is 43.5 Å². The van der Waals surface area contributed by atoms with Gasteiger partial charge in [-0.1, -0.05) is 0 Å². The van der Waals surface area contributed by atoms with Crippen LogP contribution in [0.2, 0.25) is 0 Å². The normalized spacial score (nSPS) is 15.2. The summed E-state index contributed by atoms with van der Waals surface area (Å²) >= 11 is 1.46. The van der Waals surface area contributed by atoms with Gasteiger partial charge in [0.05, 0.1) is 12.0 Å². The second-order valence-electron chi connectivity index (χ2n) is 9.05. The van der Waals surface area contributed by atoms with Gasteiger partial charge in [0.25, 0.3) is 5.56 Å². The fourth-order valence-electron chi connectivity index (χ4n) is 3.76. The maximum Gasteiger partial charge on any atom is 0.410 e. The van der Waals surface area contributed by atoms with E-state index in [0.29, 0.717) is 36.9 Å². The van der Waals surface area contributed by atoms with Crippen molar-refractivity contribution in [1.82, 2.24) is 19.7 Å². The van der Waals surface area contributed by atoms with Gasteiger partial charge >= 0.3 is 6.09 Å². The molecule has 1 amide bonds. The number of carbonyl (C=O) groups excluding carboxylic acids is 1. The van der Waals surface area contributed by atoms with Crippen molar-refractivity contribution in [3.8, 4) is 17.0 Å². The van der Waals surface area contributed by atoms with E-state index in [1.165, 1.54) is 16.0 Å². The summed E-state index contributed by atoms with van der Waals surface area (Å²) in [5.74, 6) is 0.782. The first-order valence-electron chi connectivity index (χ1n) is 10.7. The summed E-state index contributed by atoms with van der Waals surface area (Å²) in [6.45, 7) is 7.39. The van der Waals surface area contributed by atoms with Crippen LogP contribution in [0.25, 0.3) is 21.2 Å². The van der Waals surface area contributed by atoms with Crippen molar-refractivity contribution < 1.29 is 14.3 Å². The average molecular weight is 457 g/mol. The summed E-state index contributed by atoms with van der Waals surface area (Å²) < 4.78 is 13.7. The largest absolute Gasteiger partial charge is 0.475 e. The third kappa shape index (κ3) is 4.77. The van der Waals surface area contributed by atoms with Crippen molar-refractivity contribution >= 4 is 27.5 Å². The predicted molar refractivity (Wildman–Crippen MR) is 124 cm³/mol. The van der Waals surface area contributed by atoms with E-state index >= 15 is 0 Å². The molecule has 0 aromatic carbocycles. The van der Waals surface area contributed by atoms with E-state index < -0.39 is 5.60 Å². The van der Waals surface area contributed by atoms with Crippen molar-refractivity contribution in [2.75, 3.05) is 19.7 Å². The lowest BCUT2D eigenvalue weighted by atomic mass is 9.98. The highest BCUT2D eigenvalue weighted by Gasteiger charge is 2.27. The Morgan fingerprint density at radius 1 is 1.22 bits per heavy atom. The van der Waals surface area contributed by atoms with Gasteiger partial charge in [-0.25, -0.2) is 9.48 Å². The van der Waals surface area contributed by atoms with Crippen LogP contribution in [-0.4, -0.2) is 51.1 Å². The molecule has 8 nitrogen and oxygen atoms in total. The van der Waals surface area contributed by atoms with E-state index in [0.717, 1.165) is 28.7 Å². The van der Waals surface area contributed by atoms with Gasteiger partial charge in [-0.3, -0.25) is 9.78 Å². The molecule has 1 fully saturated rings. The van der Waals surface area contributed by atoms with Gasteiger partial charge in [-0.2, -0.15) is 0 Å². The summed E-state index contributed by atoms with van der Waals surface area (Å²) in [5.41, 5.74) is 1.17. The van der Waals surface area contributed by atoms with Gasteiger partial charge in [0.1, 0.15) is 10.3 Å². The molecule has 0 radical (unpaired) electrons. The quantitative estimate of drug-likeness (QED) is 0.588. The fourth-order valence-corrected chi connectivity index (χ4v) is 4.77. The van der Waals surface area contributed by atoms with E-state index in [1.807, 2.05) is 38.3 Å². The van der Waals surface area contributed by atoms with Crippen LogP contribution in [0.3, 0.4) is 0 Å². The van der Waals surface area contributed by atoms with E-state index in [-0.39, 0.29) is 11.7 Å². The molecule has 4 heterocycles. The van der Waals surface area contributed by atoms with Gasteiger partial charge in [-0.15, -0.1) is 16.4 Å². The third-order valence-electron chi connectivity index (χ3n) is 5.45. The monoisotopic (exact) mass is 456 g/mol. The Morgan fingerprint density at radius 3 is 2.56 bits per heavy atom. The molecule has 9 heteroatoms. The standard InChI is InChI=1S/C23H28N4O4S/c1-23(2,3)31-22(29)27-11-7-15(8-12-27)13-30-20-19-18(21(28)26(4)25-20)17(14-32-19)16-5-9-24-10-6-16/h5-6,9-10,14-15H,7-8,11-13H2,1-4H3. The highest BCUT2D eigenvalue weighted by atomic mass is 32.1. The van der Waals surface area contributed by atoms with Crippen LogP contribution in [0.4, 0.5) is 4.79 Å². The van der Waals surface area contributed by atoms with Crippen LogP contribution in [0.5, 0.6) is 5.88 Å². The number of carbonyl (C=O) groups is 1. The molecule has 0 unspecified atom stereocenters. The number of pyridine rings is 1. The zero-order chi connectivity index (χ0) is 22.9. The number of amides is 1. The first-order valence-corrected chi connectivity index (χ1v) is 11.6. The lowest BCUT2D eigenvalue weighted by Gasteiger charge is -2.33. The zero-order valence-electron chi connectivity index (χ0n) is 18.8. The lowest BCUT2D eigenvalue weighted by molar-refractivity contribution is 0.0164. The molecular formula is C23H28N4O4S. The molecule has 32 heavy (non-hydrogen) atoms. The summed E-state index contributed by atoms with van der Waals surface area (Å²) in [6.07, 6.45) is 4.83. The minimum Gasteiger partial charge on any atom is -0.475 e. The van der Waals surface area contributed by atoms with Crippen molar-refractivity contribution in [2.45, 2.75) is 39.2 Å². The molecule has 4 rings (SSSR count). The Bertz CT molecular complexity index is 1160. The third-order valence-corrected chi connectivity index (χ3v) is 6.42. The molecule has 0 atom stereocenters. The molecule has 1 aliphatic heterocycles. The topological polar surface area (TPSA) is 86.6 Å². The summed E-state index contributed by atoms with van der Waals surface area (Å²) in [7, 11) is 1.64. The number of fused-ring (bicyclic) bond motifs is 1. The number of hydrogen-bond donors (Lipinski definition) is 0. The molecule has 3 aromatic heterocycles. The number of aromatic nitrogens is 3. The van der Waals surface area contributed by atoms with Gasteiger partial charge < -0.3 is 14.4 Å². The molecule has 1 aliphatic rings. The van der Waals surface area contributed by atoms with Crippen LogP contribution in [0.1, 0.15) is 33.6 Å². The number of nitrogens with zero attached hydrogens (tertiary/aromatic N) is 4. The molecule has 1 saturated heterocycles. The SMILES string of the molecule is Cn1nc(OCC2CCN(C(=O)OC(C)(C)C)CC2)c2scc(-c3ccncc3)c2c1=O. The summed E-state index contributed by atoms with van der Waals surface area (Å²) in [5, 5.41) is 6.96. The molecule has 0 saturated carbocycles.